The predicted molar refractivity (Wildman–Crippen MR) is 148 cm³/mol. The minimum Gasteiger partial charge on any atom is -0.461 e. The number of ether oxygens (including phenoxy) is 1. The lowest BCUT2D eigenvalue weighted by molar-refractivity contribution is -0.247. The molecule has 3 heteroatoms. The molecule has 5 aliphatic carbocycles. The summed E-state index contributed by atoms with van der Waals surface area (Å²) in [6.07, 6.45) is 13.5. The van der Waals surface area contributed by atoms with Crippen molar-refractivity contribution >= 4 is 5.97 Å². The number of fused-ring (bicyclic) bond motifs is 7. The molecule has 0 heterocycles. The average Bonchev–Trinajstić information content (AvgIpc) is 3.30. The summed E-state index contributed by atoms with van der Waals surface area (Å²) < 4.78 is 6.07. The first-order valence-electron chi connectivity index (χ1n) is 15.4. The van der Waals surface area contributed by atoms with E-state index in [0.29, 0.717) is 40.3 Å². The molecule has 1 aromatic carbocycles. The molecule has 1 N–H and O–H groups in total. The maximum absolute atomic E-state index is 12.9. The zero-order valence-corrected chi connectivity index (χ0v) is 24.0. The number of aliphatic hydroxyl groups excluding tert-OH is 1. The summed E-state index contributed by atoms with van der Waals surface area (Å²) in [4.78, 5) is 12.9. The summed E-state index contributed by atoms with van der Waals surface area (Å²) in [5.41, 5.74) is 1.91. The van der Waals surface area contributed by atoms with Gasteiger partial charge in [0.25, 0.3) is 0 Å². The molecular formula is C34H50O3. The van der Waals surface area contributed by atoms with E-state index in [0.717, 1.165) is 18.3 Å². The normalized spacial score (nSPS) is 48.2. The van der Waals surface area contributed by atoms with Crippen molar-refractivity contribution in [1.29, 1.82) is 0 Å². The van der Waals surface area contributed by atoms with Crippen LogP contribution in [0, 0.1) is 50.7 Å². The van der Waals surface area contributed by atoms with Gasteiger partial charge in [-0.3, -0.25) is 0 Å². The quantitative estimate of drug-likeness (QED) is 0.422. The summed E-state index contributed by atoms with van der Waals surface area (Å²) in [7, 11) is 0. The molecule has 9 atom stereocenters. The SMILES string of the molecule is CC1(C)C(O)CCC2(C)C1CCC1(C)C2CCC2C3CCCC3(COC(=O)c3ccccc3)CC[C@]21C. The van der Waals surface area contributed by atoms with Crippen LogP contribution < -0.4 is 0 Å². The molecule has 0 saturated heterocycles. The van der Waals surface area contributed by atoms with Crippen molar-refractivity contribution < 1.29 is 14.6 Å². The molecular weight excluding hydrogens is 456 g/mol. The number of carbonyl (C=O) groups excluding carboxylic acids is 1. The van der Waals surface area contributed by atoms with Crippen molar-refractivity contribution in [2.75, 3.05) is 6.61 Å². The van der Waals surface area contributed by atoms with Gasteiger partial charge in [-0.25, -0.2) is 4.79 Å². The van der Waals surface area contributed by atoms with Crippen LogP contribution in [0.2, 0.25) is 0 Å². The van der Waals surface area contributed by atoms with Gasteiger partial charge in [-0.1, -0.05) is 59.2 Å². The van der Waals surface area contributed by atoms with Gasteiger partial charge in [0.05, 0.1) is 18.3 Å². The van der Waals surface area contributed by atoms with Crippen LogP contribution in [0.1, 0.15) is 116 Å². The number of benzene rings is 1. The van der Waals surface area contributed by atoms with Gasteiger partial charge in [0, 0.05) is 5.41 Å². The van der Waals surface area contributed by atoms with E-state index in [9.17, 15) is 9.90 Å². The molecule has 6 rings (SSSR count). The Morgan fingerprint density at radius 1 is 0.811 bits per heavy atom. The number of rotatable bonds is 3. The second kappa shape index (κ2) is 8.57. The van der Waals surface area contributed by atoms with E-state index in [4.69, 9.17) is 4.74 Å². The first-order chi connectivity index (χ1) is 17.5. The third-order valence-corrected chi connectivity index (χ3v) is 14.0. The lowest BCUT2D eigenvalue weighted by Gasteiger charge is -2.72. The van der Waals surface area contributed by atoms with Gasteiger partial charge in [-0.05, 0) is 122 Å². The van der Waals surface area contributed by atoms with Crippen LogP contribution in [0.5, 0.6) is 0 Å². The number of hydrogen-bond donors (Lipinski definition) is 1. The Kier molecular flexibility index (Phi) is 6.00. The third kappa shape index (κ3) is 3.51. The molecule has 3 nitrogen and oxygen atoms in total. The summed E-state index contributed by atoms with van der Waals surface area (Å²) in [6.45, 7) is 13.3. The molecule has 204 valence electrons. The zero-order valence-electron chi connectivity index (χ0n) is 24.0. The highest BCUT2D eigenvalue weighted by molar-refractivity contribution is 5.89. The van der Waals surface area contributed by atoms with Crippen LogP contribution in [0.25, 0.3) is 0 Å². The van der Waals surface area contributed by atoms with Crippen molar-refractivity contribution in [2.45, 2.75) is 111 Å². The van der Waals surface area contributed by atoms with Crippen LogP contribution in [0.4, 0.5) is 0 Å². The van der Waals surface area contributed by atoms with Gasteiger partial charge < -0.3 is 9.84 Å². The molecule has 0 radical (unpaired) electrons. The Hall–Kier alpha value is -1.35. The Balaban J connectivity index is 1.26. The van der Waals surface area contributed by atoms with Gasteiger partial charge in [0.15, 0.2) is 0 Å². The number of carbonyl (C=O) groups is 1. The zero-order chi connectivity index (χ0) is 26.3. The number of aliphatic hydroxyl groups is 1. The molecule has 0 aliphatic heterocycles. The molecule has 0 bridgehead atoms. The minimum atomic E-state index is -0.158. The molecule has 5 fully saturated rings. The highest BCUT2D eigenvalue weighted by Crippen LogP contribution is 2.76. The fourth-order valence-electron chi connectivity index (χ4n) is 11.8. The second-order valence-electron chi connectivity index (χ2n) is 15.3. The highest BCUT2D eigenvalue weighted by Gasteiger charge is 2.69. The molecule has 5 aliphatic rings. The van der Waals surface area contributed by atoms with E-state index in [1.165, 1.54) is 64.2 Å². The number of esters is 1. The lowest BCUT2D eigenvalue weighted by Crippen LogP contribution is -2.66. The van der Waals surface area contributed by atoms with Crippen molar-refractivity contribution in [3.05, 3.63) is 35.9 Å². The van der Waals surface area contributed by atoms with E-state index >= 15 is 0 Å². The first-order valence-corrected chi connectivity index (χ1v) is 15.4. The molecule has 1 aromatic rings. The van der Waals surface area contributed by atoms with Crippen LogP contribution in [-0.4, -0.2) is 23.8 Å². The minimum absolute atomic E-state index is 0.0158. The largest absolute Gasteiger partial charge is 0.461 e. The standard InChI is InChI=1S/C34H50O3/c1-30(2)26-15-19-33(5)27(31(26,3)18-16-28(30)35)14-13-24-25-12-9-17-34(25,21-20-32(24,33)4)22-37-29(36)23-10-7-6-8-11-23/h6-8,10-11,24-28,35H,9,12-22H2,1-5H3/t24?,25?,26?,27?,28?,31?,32-,33?,34?/m1/s1. The fraction of sp³-hybridized carbons (Fsp3) is 0.794. The number of hydrogen-bond acceptors (Lipinski definition) is 3. The molecule has 0 aromatic heterocycles. The maximum Gasteiger partial charge on any atom is 0.338 e. The second-order valence-corrected chi connectivity index (χ2v) is 15.3. The monoisotopic (exact) mass is 506 g/mol. The molecule has 0 spiro atoms. The topological polar surface area (TPSA) is 46.5 Å². The molecule has 8 unspecified atom stereocenters. The Labute approximate surface area is 225 Å². The van der Waals surface area contributed by atoms with Gasteiger partial charge in [-0.2, -0.15) is 0 Å². The van der Waals surface area contributed by atoms with E-state index < -0.39 is 0 Å². The molecule has 5 saturated carbocycles. The first kappa shape index (κ1) is 25.9. The Morgan fingerprint density at radius 2 is 1.57 bits per heavy atom. The van der Waals surface area contributed by atoms with Crippen molar-refractivity contribution in [2.24, 2.45) is 50.7 Å². The summed E-state index contributed by atoms with van der Waals surface area (Å²) in [6, 6.07) is 9.53. The fourth-order valence-corrected chi connectivity index (χ4v) is 11.8. The Morgan fingerprint density at radius 3 is 2.32 bits per heavy atom. The Bertz CT molecular complexity index is 1030. The maximum atomic E-state index is 12.9. The molecule has 0 amide bonds. The summed E-state index contributed by atoms with van der Waals surface area (Å²) >= 11 is 0. The molecule has 37 heavy (non-hydrogen) atoms. The van der Waals surface area contributed by atoms with Crippen LogP contribution in [0.3, 0.4) is 0 Å². The van der Waals surface area contributed by atoms with Gasteiger partial charge >= 0.3 is 5.97 Å². The van der Waals surface area contributed by atoms with E-state index in [2.05, 4.69) is 34.6 Å². The van der Waals surface area contributed by atoms with E-state index in [-0.39, 0.29) is 22.9 Å². The highest BCUT2D eigenvalue weighted by atomic mass is 16.5. The summed E-state index contributed by atoms with van der Waals surface area (Å²) in [5, 5.41) is 10.9. The van der Waals surface area contributed by atoms with Gasteiger partial charge in [0.2, 0.25) is 0 Å². The van der Waals surface area contributed by atoms with Crippen LogP contribution in [0.15, 0.2) is 30.3 Å². The van der Waals surface area contributed by atoms with Crippen molar-refractivity contribution in [3.8, 4) is 0 Å². The van der Waals surface area contributed by atoms with Crippen molar-refractivity contribution in [3.63, 3.8) is 0 Å². The summed E-state index contributed by atoms with van der Waals surface area (Å²) in [5.74, 6) is 2.63. The van der Waals surface area contributed by atoms with Crippen molar-refractivity contribution in [1.82, 2.24) is 0 Å². The van der Waals surface area contributed by atoms with Crippen LogP contribution in [-0.2, 0) is 4.74 Å². The van der Waals surface area contributed by atoms with Gasteiger partial charge in [0.1, 0.15) is 0 Å². The van der Waals surface area contributed by atoms with Crippen LogP contribution >= 0.6 is 0 Å². The predicted octanol–water partition coefficient (Wildman–Crippen LogP) is 8.06. The third-order valence-electron chi connectivity index (χ3n) is 14.0. The smallest absolute Gasteiger partial charge is 0.338 e. The van der Waals surface area contributed by atoms with E-state index in [1.54, 1.807) is 0 Å². The lowest BCUT2D eigenvalue weighted by atomic mass is 9.32. The van der Waals surface area contributed by atoms with Gasteiger partial charge in [-0.15, -0.1) is 0 Å². The average molecular weight is 507 g/mol. The van der Waals surface area contributed by atoms with E-state index in [1.807, 2.05) is 30.3 Å².